The number of pyridine rings is 1. The number of hydrogen-bond acceptors (Lipinski definition) is 5. The molecule has 0 saturated carbocycles. The monoisotopic (exact) mass is 383 g/mol. The van der Waals surface area contributed by atoms with E-state index in [1.807, 2.05) is 16.7 Å². The van der Waals surface area contributed by atoms with Gasteiger partial charge in [0.05, 0.1) is 5.75 Å². The normalized spacial score (nSPS) is 10.6. The van der Waals surface area contributed by atoms with E-state index in [9.17, 15) is 9.18 Å². The summed E-state index contributed by atoms with van der Waals surface area (Å²) in [4.78, 5) is 16.1. The van der Waals surface area contributed by atoms with Gasteiger partial charge in [-0.05, 0) is 18.2 Å². The Balaban J connectivity index is 1.63. The number of thioether (sulfide) groups is 1. The maximum atomic E-state index is 13.6. The Labute approximate surface area is 160 Å². The SMILES string of the molecule is C=CCn1c(SCC(=O)NCc2ccccc2F)nnc1-c1ccncc1. The van der Waals surface area contributed by atoms with Gasteiger partial charge in [0.2, 0.25) is 5.91 Å². The van der Waals surface area contributed by atoms with Crippen molar-refractivity contribution in [1.82, 2.24) is 25.1 Å². The van der Waals surface area contributed by atoms with E-state index in [4.69, 9.17) is 0 Å². The van der Waals surface area contributed by atoms with Crippen molar-refractivity contribution in [2.24, 2.45) is 0 Å². The summed E-state index contributed by atoms with van der Waals surface area (Å²) in [6.07, 6.45) is 5.12. The molecule has 1 aromatic carbocycles. The molecule has 0 radical (unpaired) electrons. The quantitative estimate of drug-likeness (QED) is 0.478. The molecule has 27 heavy (non-hydrogen) atoms. The van der Waals surface area contributed by atoms with Crippen LogP contribution in [0, 0.1) is 5.82 Å². The summed E-state index contributed by atoms with van der Waals surface area (Å²) in [5, 5.41) is 11.7. The second kappa shape index (κ2) is 9.09. The number of amides is 1. The summed E-state index contributed by atoms with van der Waals surface area (Å²) in [7, 11) is 0. The zero-order valence-corrected chi connectivity index (χ0v) is 15.3. The molecule has 2 heterocycles. The number of carbonyl (C=O) groups is 1. The lowest BCUT2D eigenvalue weighted by Crippen LogP contribution is -2.25. The van der Waals surface area contributed by atoms with E-state index in [0.717, 1.165) is 5.56 Å². The van der Waals surface area contributed by atoms with Gasteiger partial charge in [-0.25, -0.2) is 4.39 Å². The number of nitrogens with zero attached hydrogens (tertiary/aromatic N) is 4. The first-order valence-electron chi connectivity index (χ1n) is 8.26. The highest BCUT2D eigenvalue weighted by Gasteiger charge is 2.15. The van der Waals surface area contributed by atoms with Crippen LogP contribution in [0.25, 0.3) is 11.4 Å². The number of rotatable bonds is 8. The number of benzene rings is 1. The molecular formula is C19H18FN5OS. The van der Waals surface area contributed by atoms with Gasteiger partial charge < -0.3 is 5.32 Å². The molecule has 0 atom stereocenters. The highest BCUT2D eigenvalue weighted by atomic mass is 32.2. The van der Waals surface area contributed by atoms with Crippen LogP contribution in [0.3, 0.4) is 0 Å². The molecule has 0 aliphatic carbocycles. The first kappa shape index (κ1) is 18.8. The van der Waals surface area contributed by atoms with Gasteiger partial charge in [0.25, 0.3) is 0 Å². The highest BCUT2D eigenvalue weighted by Crippen LogP contribution is 2.23. The van der Waals surface area contributed by atoms with Gasteiger partial charge >= 0.3 is 0 Å². The average Bonchev–Trinajstić information content (AvgIpc) is 3.09. The molecule has 0 aliphatic rings. The number of hydrogen-bond donors (Lipinski definition) is 1. The fourth-order valence-corrected chi connectivity index (χ4v) is 3.20. The van der Waals surface area contributed by atoms with Crippen LogP contribution >= 0.6 is 11.8 Å². The van der Waals surface area contributed by atoms with Crippen LogP contribution in [0.2, 0.25) is 0 Å². The predicted octanol–water partition coefficient (Wildman–Crippen LogP) is 3.07. The standard InChI is InChI=1S/C19H18FN5OS/c1-2-11-25-18(14-7-9-21-10-8-14)23-24-19(25)27-13-17(26)22-12-15-5-3-4-6-16(15)20/h2-10H,1,11-13H2,(H,22,26). The Bertz CT molecular complexity index is 929. The number of nitrogens with one attached hydrogen (secondary N) is 1. The second-order valence-corrected chi connectivity index (χ2v) is 6.54. The highest BCUT2D eigenvalue weighted by molar-refractivity contribution is 7.99. The lowest BCUT2D eigenvalue weighted by Gasteiger charge is -2.08. The van der Waals surface area contributed by atoms with E-state index in [1.54, 1.807) is 36.7 Å². The van der Waals surface area contributed by atoms with Crippen molar-refractivity contribution in [3.8, 4) is 11.4 Å². The molecule has 8 heteroatoms. The Hall–Kier alpha value is -3.00. The fourth-order valence-electron chi connectivity index (χ4n) is 2.42. The maximum Gasteiger partial charge on any atom is 0.230 e. The summed E-state index contributed by atoms with van der Waals surface area (Å²) in [5.41, 5.74) is 1.33. The Morgan fingerprint density at radius 3 is 2.74 bits per heavy atom. The molecule has 138 valence electrons. The summed E-state index contributed by atoms with van der Waals surface area (Å²) in [6.45, 7) is 4.43. The van der Waals surface area contributed by atoms with Crippen LogP contribution in [-0.4, -0.2) is 31.4 Å². The van der Waals surface area contributed by atoms with E-state index in [-0.39, 0.29) is 24.0 Å². The number of carbonyl (C=O) groups excluding carboxylic acids is 1. The molecule has 1 amide bonds. The minimum Gasteiger partial charge on any atom is -0.351 e. The number of allylic oxidation sites excluding steroid dienone is 1. The van der Waals surface area contributed by atoms with E-state index < -0.39 is 0 Å². The Morgan fingerprint density at radius 2 is 2.00 bits per heavy atom. The Morgan fingerprint density at radius 1 is 1.22 bits per heavy atom. The minimum atomic E-state index is -0.335. The van der Waals surface area contributed by atoms with Crippen LogP contribution in [-0.2, 0) is 17.9 Å². The van der Waals surface area contributed by atoms with Gasteiger partial charge in [0.15, 0.2) is 11.0 Å². The fraction of sp³-hybridized carbons (Fsp3) is 0.158. The van der Waals surface area contributed by atoms with Crippen molar-refractivity contribution in [2.45, 2.75) is 18.2 Å². The second-order valence-electron chi connectivity index (χ2n) is 5.60. The van der Waals surface area contributed by atoms with Crippen molar-refractivity contribution in [3.05, 3.63) is 72.8 Å². The van der Waals surface area contributed by atoms with Crippen molar-refractivity contribution in [1.29, 1.82) is 0 Å². The van der Waals surface area contributed by atoms with Crippen LogP contribution in [0.4, 0.5) is 4.39 Å². The van der Waals surface area contributed by atoms with E-state index in [0.29, 0.717) is 23.1 Å². The zero-order chi connectivity index (χ0) is 19.1. The Kier molecular flexibility index (Phi) is 6.32. The van der Waals surface area contributed by atoms with Gasteiger partial charge in [-0.15, -0.1) is 16.8 Å². The maximum absolute atomic E-state index is 13.6. The molecule has 0 spiro atoms. The smallest absolute Gasteiger partial charge is 0.230 e. The molecule has 3 rings (SSSR count). The van der Waals surface area contributed by atoms with Crippen molar-refractivity contribution in [2.75, 3.05) is 5.75 Å². The molecule has 0 unspecified atom stereocenters. The van der Waals surface area contributed by atoms with E-state index in [1.165, 1.54) is 17.8 Å². The summed E-state index contributed by atoms with van der Waals surface area (Å²) < 4.78 is 15.5. The lowest BCUT2D eigenvalue weighted by atomic mass is 10.2. The number of halogens is 1. The van der Waals surface area contributed by atoms with Gasteiger partial charge in [-0.1, -0.05) is 36.0 Å². The van der Waals surface area contributed by atoms with E-state index in [2.05, 4.69) is 27.1 Å². The summed E-state index contributed by atoms with van der Waals surface area (Å²) in [5.74, 6) is 0.298. The number of aromatic nitrogens is 4. The van der Waals surface area contributed by atoms with Gasteiger partial charge in [-0.2, -0.15) is 0 Å². The predicted molar refractivity (Wildman–Crippen MR) is 102 cm³/mol. The minimum absolute atomic E-state index is 0.147. The third kappa shape index (κ3) is 4.79. The van der Waals surface area contributed by atoms with Gasteiger partial charge in [0.1, 0.15) is 5.82 Å². The van der Waals surface area contributed by atoms with Gasteiger partial charge in [-0.3, -0.25) is 14.3 Å². The van der Waals surface area contributed by atoms with Crippen LogP contribution in [0.1, 0.15) is 5.56 Å². The van der Waals surface area contributed by atoms with Gasteiger partial charge in [0, 0.05) is 36.6 Å². The third-order valence-corrected chi connectivity index (χ3v) is 4.70. The molecule has 0 aliphatic heterocycles. The molecule has 1 N–H and O–H groups in total. The molecule has 6 nitrogen and oxygen atoms in total. The van der Waals surface area contributed by atoms with Crippen molar-refractivity contribution >= 4 is 17.7 Å². The van der Waals surface area contributed by atoms with Crippen LogP contribution in [0.15, 0.2) is 66.6 Å². The molecule has 2 aromatic heterocycles. The first-order valence-corrected chi connectivity index (χ1v) is 9.25. The van der Waals surface area contributed by atoms with Crippen LogP contribution in [0.5, 0.6) is 0 Å². The van der Waals surface area contributed by atoms with Crippen molar-refractivity contribution in [3.63, 3.8) is 0 Å². The molecule has 0 bridgehead atoms. The molecular weight excluding hydrogens is 365 g/mol. The summed E-state index contributed by atoms with van der Waals surface area (Å²) >= 11 is 1.27. The molecule has 3 aromatic rings. The average molecular weight is 383 g/mol. The lowest BCUT2D eigenvalue weighted by molar-refractivity contribution is -0.118. The molecule has 0 fully saturated rings. The topological polar surface area (TPSA) is 72.7 Å². The zero-order valence-electron chi connectivity index (χ0n) is 14.5. The third-order valence-electron chi connectivity index (χ3n) is 3.73. The van der Waals surface area contributed by atoms with E-state index >= 15 is 0 Å². The summed E-state index contributed by atoms with van der Waals surface area (Å²) in [6, 6.07) is 10.1. The van der Waals surface area contributed by atoms with Crippen molar-refractivity contribution < 1.29 is 9.18 Å². The largest absolute Gasteiger partial charge is 0.351 e. The van der Waals surface area contributed by atoms with Crippen LogP contribution < -0.4 is 5.32 Å². The molecule has 0 saturated heterocycles. The first-order chi connectivity index (χ1) is 13.2.